The molecular weight excluding hydrogens is 358 g/mol. The molecule has 1 atom stereocenters. The molecule has 1 heterocycles. The van der Waals surface area contributed by atoms with E-state index in [2.05, 4.69) is 67.4 Å². The van der Waals surface area contributed by atoms with E-state index in [0.717, 1.165) is 21.2 Å². The van der Waals surface area contributed by atoms with Gasteiger partial charge < -0.3 is 5.32 Å². The van der Waals surface area contributed by atoms with Gasteiger partial charge in [-0.1, -0.05) is 44.8 Å². The summed E-state index contributed by atoms with van der Waals surface area (Å²) < 4.78 is 4.06. The first-order valence-electron chi connectivity index (χ1n) is 5.79. The first-order chi connectivity index (χ1) is 8.63. The average Bonchev–Trinajstić information content (AvgIpc) is 2.73. The molecule has 2 aromatic rings. The first-order valence-corrected chi connectivity index (χ1v) is 7.38. The fraction of sp³-hybridized carbons (Fsp3) is 0.308. The fourth-order valence-corrected chi connectivity index (χ4v) is 3.26. The van der Waals surface area contributed by atoms with E-state index in [1.54, 1.807) is 0 Å². The van der Waals surface area contributed by atoms with E-state index in [4.69, 9.17) is 0 Å². The number of aromatic nitrogens is 2. The zero-order valence-corrected chi connectivity index (χ0v) is 13.5. The van der Waals surface area contributed by atoms with Crippen LogP contribution in [0.1, 0.15) is 24.2 Å². The Balaban J connectivity index is 2.45. The lowest BCUT2D eigenvalue weighted by atomic mass is 10.0. The van der Waals surface area contributed by atoms with E-state index in [1.165, 1.54) is 5.56 Å². The third kappa shape index (κ3) is 2.84. The maximum absolute atomic E-state index is 4.24. The van der Waals surface area contributed by atoms with Crippen molar-refractivity contribution in [1.82, 2.24) is 15.1 Å². The summed E-state index contributed by atoms with van der Waals surface area (Å²) in [6.07, 6.45) is 1.83. The van der Waals surface area contributed by atoms with Gasteiger partial charge in [0.05, 0.1) is 11.7 Å². The fourth-order valence-electron chi connectivity index (χ4n) is 1.98. The zero-order valence-electron chi connectivity index (χ0n) is 10.3. The monoisotopic (exact) mass is 371 g/mol. The zero-order chi connectivity index (χ0) is 13.1. The van der Waals surface area contributed by atoms with E-state index in [1.807, 2.05) is 24.0 Å². The summed E-state index contributed by atoms with van der Waals surface area (Å²) in [5.74, 6) is 0. The Morgan fingerprint density at radius 1 is 1.33 bits per heavy atom. The molecule has 0 bridgehead atoms. The van der Waals surface area contributed by atoms with Crippen LogP contribution in [0.5, 0.6) is 0 Å². The molecule has 0 saturated heterocycles. The molecular formula is C13H15Br2N3. The van der Waals surface area contributed by atoms with Crippen LogP contribution >= 0.6 is 31.9 Å². The molecule has 18 heavy (non-hydrogen) atoms. The van der Waals surface area contributed by atoms with Gasteiger partial charge in [0.1, 0.15) is 0 Å². The summed E-state index contributed by atoms with van der Waals surface area (Å²) in [5.41, 5.74) is 2.36. The van der Waals surface area contributed by atoms with E-state index in [0.29, 0.717) is 0 Å². The Morgan fingerprint density at radius 2 is 2.11 bits per heavy atom. The highest BCUT2D eigenvalue weighted by atomic mass is 79.9. The molecule has 0 fully saturated rings. The maximum atomic E-state index is 4.24. The van der Waals surface area contributed by atoms with Gasteiger partial charge >= 0.3 is 0 Å². The second-order valence-electron chi connectivity index (χ2n) is 4.04. The molecule has 3 nitrogen and oxygen atoms in total. The summed E-state index contributed by atoms with van der Waals surface area (Å²) in [4.78, 5) is 0. The van der Waals surface area contributed by atoms with Crippen LogP contribution in [0.2, 0.25) is 0 Å². The molecule has 0 aliphatic carbocycles. The van der Waals surface area contributed by atoms with Crippen LogP contribution in [-0.2, 0) is 7.05 Å². The van der Waals surface area contributed by atoms with Gasteiger partial charge in [-0.25, -0.2) is 0 Å². The Morgan fingerprint density at radius 3 is 2.67 bits per heavy atom. The van der Waals surface area contributed by atoms with E-state index in [-0.39, 0.29) is 6.04 Å². The molecule has 1 aromatic heterocycles. The number of halogens is 2. The minimum Gasteiger partial charge on any atom is -0.305 e. The third-order valence-electron chi connectivity index (χ3n) is 2.84. The lowest BCUT2D eigenvalue weighted by Crippen LogP contribution is -2.24. The second-order valence-corrected chi connectivity index (χ2v) is 5.81. The standard InChI is InChI=1S/C13H15Br2N3/c1-3-16-13(12-6-7-17-18(12)2)10-5-4-9(14)8-11(10)15/h4-8,13,16H,3H2,1-2H3. The molecule has 1 unspecified atom stereocenters. The van der Waals surface area contributed by atoms with Crippen molar-refractivity contribution in [3.8, 4) is 0 Å². The van der Waals surface area contributed by atoms with Crippen LogP contribution < -0.4 is 5.32 Å². The van der Waals surface area contributed by atoms with Crippen molar-refractivity contribution in [2.75, 3.05) is 6.54 Å². The van der Waals surface area contributed by atoms with Crippen molar-refractivity contribution in [2.24, 2.45) is 7.05 Å². The number of rotatable bonds is 4. The number of benzene rings is 1. The summed E-state index contributed by atoms with van der Waals surface area (Å²) >= 11 is 7.11. The molecule has 5 heteroatoms. The lowest BCUT2D eigenvalue weighted by molar-refractivity contribution is 0.571. The number of nitrogens with zero attached hydrogens (tertiary/aromatic N) is 2. The Hall–Kier alpha value is -0.650. The maximum Gasteiger partial charge on any atom is 0.0759 e. The largest absolute Gasteiger partial charge is 0.305 e. The topological polar surface area (TPSA) is 29.9 Å². The number of hydrogen-bond acceptors (Lipinski definition) is 2. The van der Waals surface area contributed by atoms with Crippen molar-refractivity contribution in [3.63, 3.8) is 0 Å². The molecule has 0 spiro atoms. The Bertz CT molecular complexity index is 537. The van der Waals surface area contributed by atoms with Gasteiger partial charge in [0.15, 0.2) is 0 Å². The Labute approximate surface area is 124 Å². The molecule has 1 aromatic carbocycles. The highest BCUT2D eigenvalue weighted by molar-refractivity contribution is 9.11. The van der Waals surface area contributed by atoms with Gasteiger partial charge in [0, 0.05) is 22.2 Å². The van der Waals surface area contributed by atoms with Crippen molar-refractivity contribution in [1.29, 1.82) is 0 Å². The van der Waals surface area contributed by atoms with Crippen molar-refractivity contribution in [2.45, 2.75) is 13.0 Å². The Kier molecular flexibility index (Phi) is 4.59. The highest BCUT2D eigenvalue weighted by Gasteiger charge is 2.18. The van der Waals surface area contributed by atoms with Crippen molar-refractivity contribution >= 4 is 31.9 Å². The van der Waals surface area contributed by atoms with Gasteiger partial charge in [0.25, 0.3) is 0 Å². The third-order valence-corrected chi connectivity index (χ3v) is 4.02. The molecule has 0 radical (unpaired) electrons. The average molecular weight is 373 g/mol. The molecule has 96 valence electrons. The first kappa shape index (κ1) is 13.8. The molecule has 0 saturated carbocycles. The van der Waals surface area contributed by atoms with Crippen LogP contribution in [0.4, 0.5) is 0 Å². The van der Waals surface area contributed by atoms with E-state index in [9.17, 15) is 0 Å². The SMILES string of the molecule is CCNC(c1ccc(Br)cc1Br)c1ccnn1C. The van der Waals surface area contributed by atoms with E-state index >= 15 is 0 Å². The van der Waals surface area contributed by atoms with Gasteiger partial charge in [-0.15, -0.1) is 0 Å². The minimum atomic E-state index is 0.143. The molecule has 2 rings (SSSR count). The van der Waals surface area contributed by atoms with Crippen LogP contribution in [0.25, 0.3) is 0 Å². The van der Waals surface area contributed by atoms with E-state index < -0.39 is 0 Å². The summed E-state index contributed by atoms with van der Waals surface area (Å²) in [7, 11) is 1.96. The minimum absolute atomic E-state index is 0.143. The van der Waals surface area contributed by atoms with Gasteiger partial charge in [-0.3, -0.25) is 4.68 Å². The number of nitrogens with one attached hydrogen (secondary N) is 1. The van der Waals surface area contributed by atoms with Gasteiger partial charge in [0.2, 0.25) is 0 Å². The van der Waals surface area contributed by atoms with Crippen LogP contribution in [0.3, 0.4) is 0 Å². The second kappa shape index (κ2) is 5.99. The summed E-state index contributed by atoms with van der Waals surface area (Å²) in [6, 6.07) is 8.43. The number of hydrogen-bond donors (Lipinski definition) is 1. The van der Waals surface area contributed by atoms with Crippen molar-refractivity contribution < 1.29 is 0 Å². The van der Waals surface area contributed by atoms with Crippen molar-refractivity contribution in [3.05, 3.63) is 50.7 Å². The van der Waals surface area contributed by atoms with Crippen LogP contribution in [0.15, 0.2) is 39.4 Å². The summed E-state index contributed by atoms with van der Waals surface area (Å²) in [5, 5.41) is 7.74. The quantitative estimate of drug-likeness (QED) is 0.887. The summed E-state index contributed by atoms with van der Waals surface area (Å²) in [6.45, 7) is 3.01. The predicted molar refractivity (Wildman–Crippen MR) is 80.6 cm³/mol. The van der Waals surface area contributed by atoms with Gasteiger partial charge in [-0.2, -0.15) is 5.10 Å². The lowest BCUT2D eigenvalue weighted by Gasteiger charge is -2.20. The predicted octanol–water partition coefficient (Wildman–Crippen LogP) is 3.64. The highest BCUT2D eigenvalue weighted by Crippen LogP contribution is 2.30. The molecule has 0 amide bonds. The molecule has 0 aliphatic heterocycles. The molecule has 1 N–H and O–H groups in total. The van der Waals surface area contributed by atoms with Gasteiger partial charge in [-0.05, 0) is 30.3 Å². The normalized spacial score (nSPS) is 12.7. The number of aryl methyl sites for hydroxylation is 1. The van der Waals surface area contributed by atoms with Crippen LogP contribution in [-0.4, -0.2) is 16.3 Å². The molecule has 0 aliphatic rings. The van der Waals surface area contributed by atoms with Crippen LogP contribution in [0, 0.1) is 0 Å². The smallest absolute Gasteiger partial charge is 0.0759 e.